The molecule has 1 atom stereocenters. The summed E-state index contributed by atoms with van der Waals surface area (Å²) in [6.07, 6.45) is 0. The topological polar surface area (TPSA) is 24.5 Å². The van der Waals surface area contributed by atoms with Crippen molar-refractivity contribution in [3.63, 3.8) is 0 Å². The summed E-state index contributed by atoms with van der Waals surface area (Å²) in [6.45, 7) is 13.5. The fourth-order valence-electron chi connectivity index (χ4n) is 3.27. The van der Waals surface area contributed by atoms with Gasteiger partial charge in [0.25, 0.3) is 0 Å². The van der Waals surface area contributed by atoms with E-state index in [1.807, 2.05) is 0 Å². The molecule has 1 N–H and O–H groups in total. The molecule has 1 aliphatic heterocycles. The number of rotatable bonds is 3. The van der Waals surface area contributed by atoms with Crippen molar-refractivity contribution in [2.75, 3.05) is 33.3 Å². The highest BCUT2D eigenvalue weighted by atomic mass is 35.5. The van der Waals surface area contributed by atoms with Gasteiger partial charge in [-0.2, -0.15) is 0 Å². The second kappa shape index (κ2) is 8.97. The van der Waals surface area contributed by atoms with Gasteiger partial charge in [-0.25, -0.2) is 0 Å². The van der Waals surface area contributed by atoms with Crippen molar-refractivity contribution in [1.82, 2.24) is 10.2 Å². The number of piperazine rings is 1. The Bertz CT molecular complexity index is 454. The summed E-state index contributed by atoms with van der Waals surface area (Å²) in [6, 6.07) is 7.07. The average Bonchev–Trinajstić information content (AvgIpc) is 2.39. The third-order valence-corrected chi connectivity index (χ3v) is 4.07. The minimum Gasteiger partial charge on any atom is -0.496 e. The van der Waals surface area contributed by atoms with Gasteiger partial charge in [0.2, 0.25) is 0 Å². The van der Waals surface area contributed by atoms with Gasteiger partial charge in [0.05, 0.1) is 7.11 Å². The molecule has 1 heterocycles. The molecule has 0 unspecified atom stereocenters. The molecule has 2 rings (SSSR count). The summed E-state index contributed by atoms with van der Waals surface area (Å²) in [4.78, 5) is 2.61. The highest BCUT2D eigenvalue weighted by molar-refractivity contribution is 5.85. The largest absolute Gasteiger partial charge is 0.496 e. The molecule has 0 saturated carbocycles. The van der Waals surface area contributed by atoms with E-state index in [2.05, 4.69) is 56.1 Å². The van der Waals surface area contributed by atoms with Crippen molar-refractivity contribution < 1.29 is 4.74 Å². The monoisotopic (exact) mass is 348 g/mol. The van der Waals surface area contributed by atoms with Crippen LogP contribution >= 0.6 is 24.8 Å². The van der Waals surface area contributed by atoms with Crippen LogP contribution in [0.15, 0.2) is 18.2 Å². The highest BCUT2D eigenvalue weighted by Crippen LogP contribution is 2.39. The van der Waals surface area contributed by atoms with Gasteiger partial charge in [-0.05, 0) is 29.5 Å². The van der Waals surface area contributed by atoms with Crippen LogP contribution in [0.25, 0.3) is 0 Å². The lowest BCUT2D eigenvalue weighted by atomic mass is 9.80. The number of benzene rings is 1. The van der Waals surface area contributed by atoms with Gasteiger partial charge in [0, 0.05) is 32.2 Å². The predicted molar refractivity (Wildman–Crippen MR) is 98.9 cm³/mol. The molecule has 0 bridgehead atoms. The molecule has 0 amide bonds. The molecule has 1 fully saturated rings. The maximum absolute atomic E-state index is 5.39. The van der Waals surface area contributed by atoms with Gasteiger partial charge in [0.1, 0.15) is 5.75 Å². The summed E-state index contributed by atoms with van der Waals surface area (Å²) in [7, 11) is 1.74. The zero-order valence-corrected chi connectivity index (χ0v) is 15.9. The maximum atomic E-state index is 5.39. The second-order valence-corrected chi connectivity index (χ2v) is 6.78. The first-order valence-corrected chi connectivity index (χ1v) is 7.53. The third kappa shape index (κ3) is 5.02. The number of nitrogens with zero attached hydrogens (tertiary/aromatic N) is 1. The average molecular weight is 349 g/mol. The Morgan fingerprint density at radius 2 is 1.73 bits per heavy atom. The molecule has 1 aromatic carbocycles. The standard InChI is InChI=1S/C17H28N2O.2ClH/c1-13-12-14(6-7-15(13)20-5)16(17(2,3)4)19-10-8-18-9-11-19;;/h6-7,12,16,18H,8-11H2,1-5H3;2*1H/t16-;;/m0../s1. The molecule has 1 aromatic rings. The molecule has 0 spiro atoms. The van der Waals surface area contributed by atoms with Crippen LogP contribution in [-0.4, -0.2) is 38.2 Å². The van der Waals surface area contributed by atoms with Gasteiger partial charge in [0.15, 0.2) is 0 Å². The van der Waals surface area contributed by atoms with Crippen LogP contribution in [0.1, 0.15) is 37.9 Å². The van der Waals surface area contributed by atoms with E-state index in [-0.39, 0.29) is 30.2 Å². The fourth-order valence-corrected chi connectivity index (χ4v) is 3.27. The number of halogens is 2. The lowest BCUT2D eigenvalue weighted by Gasteiger charge is -2.42. The molecule has 0 aromatic heterocycles. The van der Waals surface area contributed by atoms with Crippen molar-refractivity contribution in [3.8, 4) is 5.75 Å². The Kier molecular flexibility index (Phi) is 8.78. The maximum Gasteiger partial charge on any atom is 0.121 e. The van der Waals surface area contributed by atoms with Crippen molar-refractivity contribution in [1.29, 1.82) is 0 Å². The Balaban J connectivity index is 0.00000220. The number of hydrogen-bond donors (Lipinski definition) is 1. The van der Waals surface area contributed by atoms with E-state index in [1.165, 1.54) is 11.1 Å². The van der Waals surface area contributed by atoms with Gasteiger partial charge >= 0.3 is 0 Å². The number of hydrogen-bond acceptors (Lipinski definition) is 3. The Labute approximate surface area is 147 Å². The van der Waals surface area contributed by atoms with Crippen LogP contribution in [0, 0.1) is 12.3 Å². The van der Waals surface area contributed by atoms with Gasteiger partial charge in [-0.3, -0.25) is 4.90 Å². The first kappa shape index (κ1) is 21.5. The van der Waals surface area contributed by atoms with Crippen LogP contribution in [0.5, 0.6) is 5.75 Å². The first-order valence-electron chi connectivity index (χ1n) is 7.53. The van der Waals surface area contributed by atoms with E-state index in [4.69, 9.17) is 4.74 Å². The molecule has 3 nitrogen and oxygen atoms in total. The zero-order valence-electron chi connectivity index (χ0n) is 14.3. The number of nitrogens with one attached hydrogen (secondary N) is 1. The van der Waals surface area contributed by atoms with Gasteiger partial charge in [-0.15, -0.1) is 24.8 Å². The van der Waals surface area contributed by atoms with E-state index in [1.54, 1.807) is 7.11 Å². The minimum atomic E-state index is 0. The summed E-state index contributed by atoms with van der Waals surface area (Å²) >= 11 is 0. The van der Waals surface area contributed by atoms with Gasteiger partial charge in [-0.1, -0.05) is 32.9 Å². The molecular formula is C17H30Cl2N2O. The fraction of sp³-hybridized carbons (Fsp3) is 0.647. The predicted octanol–water partition coefficient (Wildman–Crippen LogP) is 3.84. The van der Waals surface area contributed by atoms with Crippen molar-refractivity contribution in [2.24, 2.45) is 5.41 Å². The van der Waals surface area contributed by atoms with E-state index in [9.17, 15) is 0 Å². The summed E-state index contributed by atoms with van der Waals surface area (Å²) in [5.74, 6) is 0.974. The molecule has 0 radical (unpaired) electrons. The van der Waals surface area contributed by atoms with E-state index < -0.39 is 0 Å². The molecule has 1 saturated heterocycles. The molecule has 0 aliphatic carbocycles. The van der Waals surface area contributed by atoms with Crippen LogP contribution in [0.3, 0.4) is 0 Å². The number of ether oxygens (including phenoxy) is 1. The smallest absolute Gasteiger partial charge is 0.121 e. The number of methoxy groups -OCH3 is 1. The van der Waals surface area contributed by atoms with Crippen LogP contribution in [0.2, 0.25) is 0 Å². The van der Waals surface area contributed by atoms with Crippen LogP contribution in [0.4, 0.5) is 0 Å². The van der Waals surface area contributed by atoms with E-state index >= 15 is 0 Å². The van der Waals surface area contributed by atoms with E-state index in [0.29, 0.717) is 6.04 Å². The molecular weight excluding hydrogens is 319 g/mol. The van der Waals surface area contributed by atoms with Gasteiger partial charge < -0.3 is 10.1 Å². The van der Waals surface area contributed by atoms with E-state index in [0.717, 1.165) is 31.9 Å². The lowest BCUT2D eigenvalue weighted by Crippen LogP contribution is -2.48. The molecule has 22 heavy (non-hydrogen) atoms. The highest BCUT2D eigenvalue weighted by Gasteiger charge is 2.32. The molecule has 128 valence electrons. The minimum absolute atomic E-state index is 0. The zero-order chi connectivity index (χ0) is 14.8. The van der Waals surface area contributed by atoms with Crippen molar-refractivity contribution in [2.45, 2.75) is 33.7 Å². The molecule has 1 aliphatic rings. The Morgan fingerprint density at radius 3 is 2.18 bits per heavy atom. The number of aryl methyl sites for hydroxylation is 1. The van der Waals surface area contributed by atoms with Crippen molar-refractivity contribution >= 4 is 24.8 Å². The second-order valence-electron chi connectivity index (χ2n) is 6.78. The quantitative estimate of drug-likeness (QED) is 0.897. The van der Waals surface area contributed by atoms with Crippen LogP contribution in [-0.2, 0) is 0 Å². The lowest BCUT2D eigenvalue weighted by molar-refractivity contribution is 0.0861. The first-order chi connectivity index (χ1) is 9.43. The van der Waals surface area contributed by atoms with Crippen LogP contribution < -0.4 is 10.1 Å². The molecule has 5 heteroatoms. The summed E-state index contributed by atoms with van der Waals surface area (Å²) in [5, 5.41) is 3.44. The summed E-state index contributed by atoms with van der Waals surface area (Å²) in [5.41, 5.74) is 2.84. The normalized spacial score (nSPS) is 17.1. The SMILES string of the molecule is COc1ccc([C@H](N2CCNCC2)C(C)(C)C)cc1C.Cl.Cl. The Morgan fingerprint density at radius 1 is 1.14 bits per heavy atom. The van der Waals surface area contributed by atoms with Crippen molar-refractivity contribution in [3.05, 3.63) is 29.3 Å². The Hall–Kier alpha value is -0.480. The summed E-state index contributed by atoms with van der Waals surface area (Å²) < 4.78 is 5.39. The third-order valence-electron chi connectivity index (χ3n) is 4.07.